The van der Waals surface area contributed by atoms with Gasteiger partial charge in [0.2, 0.25) is 0 Å². The van der Waals surface area contributed by atoms with Gasteiger partial charge in [0, 0.05) is 0 Å². The lowest BCUT2D eigenvalue weighted by molar-refractivity contribution is -0.213. The Morgan fingerprint density at radius 1 is 1.35 bits per heavy atom. The van der Waals surface area contributed by atoms with Gasteiger partial charge in [-0.05, 0) is 50.4 Å². The average Bonchev–Trinajstić information content (AvgIpc) is 2.47. The summed E-state index contributed by atoms with van der Waals surface area (Å²) in [5.74, 6) is 1.58. The van der Waals surface area contributed by atoms with E-state index in [-0.39, 0.29) is 11.6 Å². The molecule has 1 heterocycles. The molecule has 0 aromatic heterocycles. The van der Waals surface area contributed by atoms with E-state index in [1.54, 1.807) is 0 Å². The molecule has 0 amide bonds. The third kappa shape index (κ3) is 2.41. The van der Waals surface area contributed by atoms with E-state index in [0.29, 0.717) is 30.3 Å². The first kappa shape index (κ1) is 14.1. The molecule has 1 saturated heterocycles. The zero-order valence-corrected chi connectivity index (χ0v) is 12.6. The molecule has 112 valence electrons. The molecule has 0 N–H and O–H groups in total. The first-order valence-electron chi connectivity index (χ1n) is 8.05. The molecular weight excluding hydrogens is 252 g/mol. The number of hydrogen-bond acceptors (Lipinski definition) is 3. The van der Waals surface area contributed by atoms with E-state index in [4.69, 9.17) is 9.47 Å². The number of hydrogen-bond donors (Lipinski definition) is 0. The van der Waals surface area contributed by atoms with Gasteiger partial charge in [-0.1, -0.05) is 25.0 Å². The molecular formula is C17H26O3. The van der Waals surface area contributed by atoms with Crippen LogP contribution in [0, 0.1) is 17.8 Å². The Balaban J connectivity index is 1.87. The van der Waals surface area contributed by atoms with Crippen LogP contribution in [0.15, 0.2) is 12.2 Å². The lowest BCUT2D eigenvalue weighted by Crippen LogP contribution is -2.56. The smallest absolute Gasteiger partial charge is 0.308 e. The number of methoxy groups -OCH3 is 1. The maximum Gasteiger partial charge on any atom is 0.308 e. The highest BCUT2D eigenvalue weighted by atomic mass is 16.5. The molecule has 0 spiro atoms. The Bertz CT molecular complexity index is 403. The molecule has 2 fully saturated rings. The molecule has 0 unspecified atom stereocenters. The highest BCUT2D eigenvalue weighted by Gasteiger charge is 2.52. The van der Waals surface area contributed by atoms with Crippen molar-refractivity contribution in [3.05, 3.63) is 12.2 Å². The molecule has 3 nitrogen and oxygen atoms in total. The Hall–Kier alpha value is -0.830. The summed E-state index contributed by atoms with van der Waals surface area (Å²) >= 11 is 0. The topological polar surface area (TPSA) is 35.5 Å². The van der Waals surface area contributed by atoms with Crippen LogP contribution < -0.4 is 0 Å². The molecule has 3 heteroatoms. The van der Waals surface area contributed by atoms with Crippen molar-refractivity contribution < 1.29 is 14.3 Å². The van der Waals surface area contributed by atoms with Gasteiger partial charge in [-0.25, -0.2) is 0 Å². The van der Waals surface area contributed by atoms with E-state index in [1.807, 2.05) is 0 Å². The average molecular weight is 278 g/mol. The second kappa shape index (κ2) is 5.51. The second-order valence-corrected chi connectivity index (χ2v) is 6.86. The molecule has 3 rings (SSSR count). The van der Waals surface area contributed by atoms with Crippen molar-refractivity contribution in [3.63, 3.8) is 0 Å². The third-order valence-corrected chi connectivity index (χ3v) is 5.64. The molecule has 5 atom stereocenters. The molecule has 0 aromatic rings. The van der Waals surface area contributed by atoms with Gasteiger partial charge in [0.25, 0.3) is 0 Å². The van der Waals surface area contributed by atoms with Crippen LogP contribution >= 0.6 is 0 Å². The highest BCUT2D eigenvalue weighted by Crippen LogP contribution is 2.51. The molecule has 2 aliphatic carbocycles. The normalized spacial score (nSPS) is 43.5. The second-order valence-electron chi connectivity index (χ2n) is 6.86. The monoisotopic (exact) mass is 278 g/mol. The lowest BCUT2D eigenvalue weighted by Gasteiger charge is -2.54. The third-order valence-electron chi connectivity index (χ3n) is 5.64. The summed E-state index contributed by atoms with van der Waals surface area (Å²) in [6.45, 7) is 2.13. The largest absolute Gasteiger partial charge is 0.469 e. The van der Waals surface area contributed by atoms with Crippen LogP contribution in [-0.4, -0.2) is 24.8 Å². The zero-order valence-electron chi connectivity index (χ0n) is 12.6. The fourth-order valence-electron chi connectivity index (χ4n) is 4.69. The number of fused-ring (bicyclic) bond motifs is 3. The van der Waals surface area contributed by atoms with Crippen LogP contribution in [0.4, 0.5) is 0 Å². The minimum atomic E-state index is -0.346. The summed E-state index contributed by atoms with van der Waals surface area (Å²) in [5, 5.41) is 0. The first-order chi connectivity index (χ1) is 9.64. The van der Waals surface area contributed by atoms with Crippen molar-refractivity contribution in [2.24, 2.45) is 17.8 Å². The van der Waals surface area contributed by atoms with Crippen LogP contribution in [0.5, 0.6) is 0 Å². The summed E-state index contributed by atoms with van der Waals surface area (Å²) in [6.07, 6.45) is 12.7. The summed E-state index contributed by atoms with van der Waals surface area (Å²) in [6, 6.07) is 0. The summed E-state index contributed by atoms with van der Waals surface area (Å²) in [7, 11) is 1.47. The Kier molecular flexibility index (Phi) is 3.89. The number of ether oxygens (including phenoxy) is 2. The van der Waals surface area contributed by atoms with Crippen molar-refractivity contribution >= 4 is 5.97 Å². The van der Waals surface area contributed by atoms with E-state index >= 15 is 0 Å². The molecule has 0 bridgehead atoms. The fraction of sp³-hybridized carbons (Fsp3) is 0.824. The molecule has 20 heavy (non-hydrogen) atoms. The van der Waals surface area contributed by atoms with Crippen LogP contribution in [-0.2, 0) is 14.3 Å². The van der Waals surface area contributed by atoms with Gasteiger partial charge in [-0.3, -0.25) is 4.79 Å². The van der Waals surface area contributed by atoms with Gasteiger partial charge < -0.3 is 9.47 Å². The summed E-state index contributed by atoms with van der Waals surface area (Å²) < 4.78 is 11.4. The van der Waals surface area contributed by atoms with Gasteiger partial charge in [0.15, 0.2) is 0 Å². The van der Waals surface area contributed by atoms with Crippen molar-refractivity contribution in [1.82, 2.24) is 0 Å². The van der Waals surface area contributed by atoms with Gasteiger partial charge in [-0.2, -0.15) is 0 Å². The Morgan fingerprint density at radius 3 is 2.95 bits per heavy atom. The Labute approximate surface area is 121 Å². The molecule has 0 radical (unpaired) electrons. The van der Waals surface area contributed by atoms with Crippen LogP contribution in [0.2, 0.25) is 0 Å². The molecule has 3 aliphatic rings. The van der Waals surface area contributed by atoms with E-state index < -0.39 is 0 Å². The predicted molar refractivity (Wildman–Crippen MR) is 77.2 cm³/mol. The molecule has 0 aromatic carbocycles. The van der Waals surface area contributed by atoms with Gasteiger partial charge >= 0.3 is 5.97 Å². The van der Waals surface area contributed by atoms with Crippen molar-refractivity contribution in [3.8, 4) is 0 Å². The van der Waals surface area contributed by atoms with Crippen molar-refractivity contribution in [2.75, 3.05) is 7.11 Å². The quantitative estimate of drug-likeness (QED) is 0.573. The summed E-state index contributed by atoms with van der Waals surface area (Å²) in [5.41, 5.74) is -0.346. The number of allylic oxidation sites excluding steroid dienone is 2. The first-order valence-corrected chi connectivity index (χ1v) is 8.05. The van der Waals surface area contributed by atoms with Gasteiger partial charge in [0.1, 0.15) is 0 Å². The maximum atomic E-state index is 11.8. The fourth-order valence-corrected chi connectivity index (χ4v) is 4.69. The van der Waals surface area contributed by atoms with Gasteiger partial charge in [-0.15, -0.1) is 0 Å². The van der Waals surface area contributed by atoms with Gasteiger partial charge in [0.05, 0.1) is 25.2 Å². The van der Waals surface area contributed by atoms with E-state index in [2.05, 4.69) is 19.1 Å². The number of rotatable bonds is 2. The minimum Gasteiger partial charge on any atom is -0.469 e. The predicted octanol–water partition coefficient (Wildman–Crippen LogP) is 3.48. The highest BCUT2D eigenvalue weighted by molar-refractivity contribution is 5.70. The van der Waals surface area contributed by atoms with Crippen LogP contribution in [0.3, 0.4) is 0 Å². The maximum absolute atomic E-state index is 11.8. The van der Waals surface area contributed by atoms with Crippen LogP contribution in [0.1, 0.15) is 51.9 Å². The molecule has 1 saturated carbocycles. The number of carbonyl (C=O) groups is 1. The Morgan fingerprint density at radius 2 is 2.15 bits per heavy atom. The van der Waals surface area contributed by atoms with Crippen LogP contribution in [0.25, 0.3) is 0 Å². The van der Waals surface area contributed by atoms with E-state index in [9.17, 15) is 4.79 Å². The minimum absolute atomic E-state index is 0.143. The van der Waals surface area contributed by atoms with E-state index in [0.717, 1.165) is 19.3 Å². The van der Waals surface area contributed by atoms with Crippen molar-refractivity contribution in [2.45, 2.75) is 63.6 Å². The van der Waals surface area contributed by atoms with E-state index in [1.165, 1.54) is 26.4 Å². The zero-order chi connectivity index (χ0) is 14.2. The molecule has 1 aliphatic heterocycles. The summed E-state index contributed by atoms with van der Waals surface area (Å²) in [4.78, 5) is 11.8. The SMILES string of the molecule is COC(=O)C[C@@]1(C)O[C@H]2CCCC[C@H]2[C@H]2C=CCC[C@@H]21. The van der Waals surface area contributed by atoms with Crippen molar-refractivity contribution in [1.29, 1.82) is 0 Å². The number of carbonyl (C=O) groups excluding carboxylic acids is 1. The standard InChI is InChI=1S/C17H26O3/c1-17(11-16(18)19-2)14-9-5-3-7-12(14)13-8-4-6-10-15(13)20-17/h3,7,12-15H,4-6,8-11H2,1-2H3/t12-,13+,14+,15+,17-/m1/s1. The number of esters is 1. The lowest BCUT2D eigenvalue weighted by atomic mass is 9.61.